The number of rotatable bonds is 6. The van der Waals surface area contributed by atoms with E-state index >= 15 is 0 Å². The van der Waals surface area contributed by atoms with Gasteiger partial charge in [-0.1, -0.05) is 30.3 Å². The van der Waals surface area contributed by atoms with Crippen LogP contribution >= 0.6 is 0 Å². The molecule has 0 radical (unpaired) electrons. The van der Waals surface area contributed by atoms with Crippen LogP contribution in [0.25, 0.3) is 11.3 Å². The van der Waals surface area contributed by atoms with Gasteiger partial charge in [0.05, 0.1) is 11.9 Å². The van der Waals surface area contributed by atoms with E-state index in [-0.39, 0.29) is 0 Å². The van der Waals surface area contributed by atoms with E-state index in [0.29, 0.717) is 0 Å². The third-order valence-electron chi connectivity index (χ3n) is 3.13. The lowest BCUT2D eigenvalue weighted by atomic mass is 10.0. The van der Waals surface area contributed by atoms with E-state index in [4.69, 9.17) is 0 Å². The summed E-state index contributed by atoms with van der Waals surface area (Å²) in [4.78, 5) is 0. The highest BCUT2D eigenvalue weighted by Gasteiger charge is 2.11. The van der Waals surface area contributed by atoms with Crippen molar-refractivity contribution in [1.82, 2.24) is 15.1 Å². The number of nitrogens with zero attached hydrogens (tertiary/aromatic N) is 2. The van der Waals surface area contributed by atoms with Crippen LogP contribution < -0.4 is 5.32 Å². The lowest BCUT2D eigenvalue weighted by Crippen LogP contribution is -2.08. The van der Waals surface area contributed by atoms with Crippen molar-refractivity contribution in [3.05, 3.63) is 42.1 Å². The van der Waals surface area contributed by atoms with Gasteiger partial charge in [-0.2, -0.15) is 5.10 Å². The predicted molar refractivity (Wildman–Crippen MR) is 75.6 cm³/mol. The van der Waals surface area contributed by atoms with E-state index < -0.39 is 0 Å². The topological polar surface area (TPSA) is 29.9 Å². The number of aromatic nitrogens is 2. The molecule has 0 aliphatic carbocycles. The Kier molecular flexibility index (Phi) is 4.53. The molecule has 0 saturated carbocycles. The van der Waals surface area contributed by atoms with E-state index in [1.807, 2.05) is 13.2 Å². The van der Waals surface area contributed by atoms with Gasteiger partial charge in [0.15, 0.2) is 0 Å². The molecular weight excluding hydrogens is 222 g/mol. The van der Waals surface area contributed by atoms with E-state index in [9.17, 15) is 0 Å². The van der Waals surface area contributed by atoms with E-state index in [1.54, 1.807) is 0 Å². The highest BCUT2D eigenvalue weighted by atomic mass is 15.3. The fourth-order valence-electron chi connectivity index (χ4n) is 2.23. The molecule has 2 aromatic rings. The standard InChI is InChI=1S/C15H21N3/c1-3-18-15(13-8-5-4-6-9-13)14(12-17-18)10-7-11-16-2/h4-6,8-9,12,16H,3,7,10-11H2,1-2H3. The number of hydrogen-bond donors (Lipinski definition) is 1. The summed E-state index contributed by atoms with van der Waals surface area (Å²) in [5.74, 6) is 0. The van der Waals surface area contributed by atoms with Crippen LogP contribution in [0.5, 0.6) is 0 Å². The summed E-state index contributed by atoms with van der Waals surface area (Å²) in [5, 5.41) is 7.68. The van der Waals surface area contributed by atoms with Crippen molar-refractivity contribution in [1.29, 1.82) is 0 Å². The zero-order valence-corrected chi connectivity index (χ0v) is 11.2. The van der Waals surface area contributed by atoms with Gasteiger partial charge in [-0.05, 0) is 38.9 Å². The molecule has 3 heteroatoms. The average Bonchev–Trinajstić information content (AvgIpc) is 2.83. The third-order valence-corrected chi connectivity index (χ3v) is 3.13. The molecule has 96 valence electrons. The van der Waals surface area contributed by atoms with Crippen molar-refractivity contribution < 1.29 is 0 Å². The zero-order chi connectivity index (χ0) is 12.8. The number of benzene rings is 1. The molecule has 0 spiro atoms. The summed E-state index contributed by atoms with van der Waals surface area (Å²) in [5.41, 5.74) is 3.88. The lowest BCUT2D eigenvalue weighted by molar-refractivity contribution is 0.666. The Hall–Kier alpha value is -1.61. The van der Waals surface area contributed by atoms with Gasteiger partial charge in [0.25, 0.3) is 0 Å². The van der Waals surface area contributed by atoms with Crippen LogP contribution in [0.3, 0.4) is 0 Å². The summed E-state index contributed by atoms with van der Waals surface area (Å²) in [7, 11) is 1.99. The van der Waals surface area contributed by atoms with Crippen molar-refractivity contribution in [3.63, 3.8) is 0 Å². The Bertz CT molecular complexity index is 474. The third kappa shape index (κ3) is 2.79. The summed E-state index contributed by atoms with van der Waals surface area (Å²) in [6.07, 6.45) is 4.23. The summed E-state index contributed by atoms with van der Waals surface area (Å²) in [6, 6.07) is 10.5. The van der Waals surface area contributed by atoms with Gasteiger partial charge in [0.2, 0.25) is 0 Å². The van der Waals surface area contributed by atoms with Crippen LogP contribution in [0.1, 0.15) is 18.9 Å². The van der Waals surface area contributed by atoms with Crippen molar-refractivity contribution >= 4 is 0 Å². The van der Waals surface area contributed by atoms with Crippen LogP contribution in [0.2, 0.25) is 0 Å². The van der Waals surface area contributed by atoms with Gasteiger partial charge in [0, 0.05) is 12.1 Å². The first-order valence-corrected chi connectivity index (χ1v) is 6.61. The molecule has 0 bridgehead atoms. The number of hydrogen-bond acceptors (Lipinski definition) is 2. The first-order valence-electron chi connectivity index (χ1n) is 6.61. The van der Waals surface area contributed by atoms with E-state index in [2.05, 4.69) is 52.4 Å². The minimum atomic E-state index is 0.913. The Morgan fingerprint density at radius 3 is 2.67 bits per heavy atom. The second-order valence-electron chi connectivity index (χ2n) is 4.41. The molecule has 0 saturated heterocycles. The molecule has 0 unspecified atom stereocenters. The molecule has 1 heterocycles. The predicted octanol–water partition coefficient (Wildman–Crippen LogP) is 2.72. The second-order valence-corrected chi connectivity index (χ2v) is 4.41. The molecule has 1 aromatic carbocycles. The Morgan fingerprint density at radius 1 is 1.22 bits per heavy atom. The quantitative estimate of drug-likeness (QED) is 0.791. The molecule has 2 rings (SSSR count). The lowest BCUT2D eigenvalue weighted by Gasteiger charge is -2.08. The maximum atomic E-state index is 4.49. The molecule has 3 nitrogen and oxygen atoms in total. The highest BCUT2D eigenvalue weighted by molar-refractivity contribution is 5.63. The maximum Gasteiger partial charge on any atom is 0.0714 e. The van der Waals surface area contributed by atoms with Crippen molar-refractivity contribution in [3.8, 4) is 11.3 Å². The van der Waals surface area contributed by atoms with E-state index in [0.717, 1.165) is 25.9 Å². The molecular formula is C15H21N3. The molecule has 18 heavy (non-hydrogen) atoms. The summed E-state index contributed by atoms with van der Waals surface area (Å²) < 4.78 is 2.09. The fourth-order valence-corrected chi connectivity index (χ4v) is 2.23. The Labute approximate surface area is 109 Å². The minimum absolute atomic E-state index is 0.913. The van der Waals surface area contributed by atoms with Crippen LogP contribution in [-0.2, 0) is 13.0 Å². The van der Waals surface area contributed by atoms with Crippen molar-refractivity contribution in [2.24, 2.45) is 0 Å². The maximum absolute atomic E-state index is 4.49. The van der Waals surface area contributed by atoms with Crippen molar-refractivity contribution in [2.45, 2.75) is 26.3 Å². The number of aryl methyl sites for hydroxylation is 2. The van der Waals surface area contributed by atoms with Gasteiger partial charge >= 0.3 is 0 Å². The van der Waals surface area contributed by atoms with Gasteiger partial charge < -0.3 is 5.32 Å². The monoisotopic (exact) mass is 243 g/mol. The second kappa shape index (κ2) is 6.36. The van der Waals surface area contributed by atoms with Gasteiger partial charge in [-0.15, -0.1) is 0 Å². The minimum Gasteiger partial charge on any atom is -0.320 e. The molecule has 0 atom stereocenters. The van der Waals surface area contributed by atoms with Gasteiger partial charge in [-0.3, -0.25) is 4.68 Å². The fraction of sp³-hybridized carbons (Fsp3) is 0.400. The molecule has 0 amide bonds. The zero-order valence-electron chi connectivity index (χ0n) is 11.2. The molecule has 0 aliphatic rings. The Morgan fingerprint density at radius 2 is 2.00 bits per heavy atom. The molecule has 1 aromatic heterocycles. The Balaban J connectivity index is 2.28. The van der Waals surface area contributed by atoms with Crippen LogP contribution in [0.15, 0.2) is 36.5 Å². The summed E-state index contributed by atoms with van der Waals surface area (Å²) in [6.45, 7) is 4.10. The van der Waals surface area contributed by atoms with E-state index in [1.165, 1.54) is 16.8 Å². The van der Waals surface area contributed by atoms with Gasteiger partial charge in [-0.25, -0.2) is 0 Å². The molecule has 1 N–H and O–H groups in total. The van der Waals surface area contributed by atoms with Gasteiger partial charge in [0.1, 0.15) is 0 Å². The van der Waals surface area contributed by atoms with Crippen LogP contribution in [0.4, 0.5) is 0 Å². The van der Waals surface area contributed by atoms with Crippen LogP contribution in [-0.4, -0.2) is 23.4 Å². The first-order chi connectivity index (χ1) is 8.86. The SMILES string of the molecule is CCn1ncc(CCCNC)c1-c1ccccc1. The summed E-state index contributed by atoms with van der Waals surface area (Å²) >= 11 is 0. The van der Waals surface area contributed by atoms with Crippen molar-refractivity contribution in [2.75, 3.05) is 13.6 Å². The largest absolute Gasteiger partial charge is 0.320 e. The number of nitrogens with one attached hydrogen (secondary N) is 1. The average molecular weight is 243 g/mol. The van der Waals surface area contributed by atoms with Crippen LogP contribution in [0, 0.1) is 0 Å². The molecule has 0 fully saturated rings. The normalized spacial score (nSPS) is 10.8. The smallest absolute Gasteiger partial charge is 0.0714 e. The highest BCUT2D eigenvalue weighted by Crippen LogP contribution is 2.24. The molecule has 0 aliphatic heterocycles. The first kappa shape index (κ1) is 12.8.